The van der Waals surface area contributed by atoms with Crippen LogP contribution in [0.25, 0.3) is 22.3 Å². The minimum atomic E-state index is -6.85. The van der Waals surface area contributed by atoms with Gasteiger partial charge in [-0.3, -0.25) is 37.7 Å². The first-order valence-corrected chi connectivity index (χ1v) is 48.9. The number of ether oxygens (including phenoxy) is 3. The van der Waals surface area contributed by atoms with Crippen LogP contribution in [0, 0.1) is 69.2 Å². The van der Waals surface area contributed by atoms with E-state index in [1.807, 2.05) is 144 Å². The van der Waals surface area contributed by atoms with Crippen molar-refractivity contribution in [1.82, 2.24) is 69.4 Å². The molecule has 0 radical (unpaired) electrons. The molecule has 8 N–H and O–H groups in total. The number of anilines is 6. The number of fused-ring (bicyclic) bond motifs is 3. The molecule has 64 heteroatoms. The third-order valence-corrected chi connectivity index (χ3v) is 27.6. The van der Waals surface area contributed by atoms with E-state index in [-0.39, 0.29) is 101 Å². The number of rotatable bonds is 19. The molecule has 5 aliphatic rings. The Labute approximate surface area is 854 Å². The fraction of sp³-hybridized carbons (Fsp3) is 0.477. The van der Waals surface area contributed by atoms with E-state index in [2.05, 4.69) is 75.5 Å². The van der Waals surface area contributed by atoms with Gasteiger partial charge >= 0.3 is 61.1 Å². The van der Waals surface area contributed by atoms with Crippen LogP contribution in [-0.2, 0) is 76.4 Å². The Kier molecular flexibility index (Phi) is 40.2. The number of halogens is 20. The van der Waals surface area contributed by atoms with Crippen LogP contribution < -0.4 is 57.0 Å². The number of aliphatic hydroxyl groups is 1. The Hall–Kier alpha value is -12.2. The highest BCUT2D eigenvalue weighted by Gasteiger charge is 2.58. The number of nitrogens with zero attached hydrogens (tertiary/aromatic N) is 16. The van der Waals surface area contributed by atoms with Crippen molar-refractivity contribution in [3.63, 3.8) is 0 Å². The van der Waals surface area contributed by atoms with Crippen molar-refractivity contribution in [1.29, 1.82) is 0 Å². The molecular weight excluding hydrogens is 2180 g/mol. The standard InChI is InChI=1S/2C21H22F2N6O2.C15H15BrN4O2.C12H19BF2N2O2.C10H17BN2O2.C3H3F5O3S.C2F6O5S2.C2H4F2O/c2*1-11-6-14(29-4-5-31-20-18(21(29)30)19(24)25-10-26-20)7-12(2)17(11)15-8-28(9-16(22)23)27-13(15)3;1-8-5-10(6-9(2)12(8)16)20-3-4-22-14-11(15(20)21)13(17)18-7-19-14;1-8-9(6-17(16-8)7-10(14)15)13-18-11(2,3)12(4,5)19-13;1-7-8(6-12-13-7)11-14-9(2,3)10(4,5)15-11;4-2(5)1-11-12(9,10)3(6,7)8;3-1(4,5)14(9,10)13-15(11,12)2(6,7)8;3-2(4)1-5/h2*6-8,10,16H,4-5,9H2,1-3H3,(H2,24,25,26);5-7H,3-4H2,1-2H3,(H2,17,18,19);6,10H,7H2,1-5H3;6H,1-5H3,(H,12,13);2H,1H2;;2,5H,1H2. The molecule has 10 aromatic rings. The summed E-state index contributed by atoms with van der Waals surface area (Å²) in [7, 11) is -20.4. The molecule has 0 unspecified atom stereocenters. The molecule has 0 atom stereocenters. The number of H-pyrrole nitrogens is 1. The SMILES string of the molecule is Cc1[nH]ncc1B1OC(C)(C)C(C)(C)O1.Cc1cc(N2CCOc3ncnc(N)c3C2=O)cc(C)c1-c1cn(CC(F)F)nc1C.Cc1cc(N2CCOc3ncnc(N)c3C2=O)cc(C)c1-c1cn(CC(F)F)nc1C.Cc1cc(N2CCOc3ncnc(N)c3C2=O)cc(C)c1Br.Cc1nn(CC(F)F)cc1B1OC(C)(C)C(C)(C)O1.O=S(=O)(OCC(F)F)C(F)(F)F.O=S(=O)(OS(=O)(=O)C(F)(F)F)C(F)(F)F.OCC(F)F. The van der Waals surface area contributed by atoms with Gasteiger partial charge in [0.05, 0.1) is 59.1 Å². The zero-order valence-corrected chi connectivity index (χ0v) is 86.8. The molecule has 7 aromatic heterocycles. The molecule has 12 heterocycles. The Morgan fingerprint density at radius 2 is 0.713 bits per heavy atom. The number of aryl methyl sites for hydroxylation is 10. The average molecular weight is 2280 g/mol. The number of alkyl halides is 19. The number of nitrogens with one attached hydrogen (secondary N) is 1. The molecule has 39 nitrogen and oxygen atoms in total. The molecular formula is C86H102B2BrF19N20O19S3. The molecule has 824 valence electrons. The van der Waals surface area contributed by atoms with Crippen LogP contribution in [0.15, 0.2) is 84.6 Å². The highest BCUT2D eigenvalue weighted by Crippen LogP contribution is 2.43. The van der Waals surface area contributed by atoms with E-state index >= 15 is 0 Å². The molecule has 0 saturated carbocycles. The van der Waals surface area contributed by atoms with Gasteiger partial charge in [0.2, 0.25) is 17.6 Å². The number of aliphatic hydroxyl groups excluding tert-OH is 1. The lowest BCUT2D eigenvalue weighted by Crippen LogP contribution is -2.41. The third-order valence-electron chi connectivity index (χ3n) is 22.7. The molecule has 0 bridgehead atoms. The van der Waals surface area contributed by atoms with Gasteiger partial charge in [0.15, 0.2) is 0 Å². The number of hydrogen-bond donors (Lipinski definition) is 5. The number of carbonyl (C=O) groups is 3. The highest BCUT2D eigenvalue weighted by atomic mass is 79.9. The lowest BCUT2D eigenvalue weighted by Gasteiger charge is -2.32. The first-order chi connectivity index (χ1) is 69.1. The summed E-state index contributed by atoms with van der Waals surface area (Å²) in [6, 6.07) is 11.5. The number of hydrogen-bond acceptors (Lipinski definition) is 32. The fourth-order valence-corrected chi connectivity index (χ4v) is 16.5. The normalized spacial score (nSPS) is 15.8. The molecule has 5 aliphatic heterocycles. The van der Waals surface area contributed by atoms with E-state index < -0.39 is 130 Å². The molecule has 150 heavy (non-hydrogen) atoms. The Balaban J connectivity index is 0.000000217. The van der Waals surface area contributed by atoms with Crippen LogP contribution in [0.2, 0.25) is 0 Å². The summed E-state index contributed by atoms with van der Waals surface area (Å²) in [5.41, 5.74) is 14.4. The number of aromatic amines is 1. The smallest absolute Gasteiger partial charge is 0.475 e. The summed E-state index contributed by atoms with van der Waals surface area (Å²) in [5, 5.41) is 26.7. The van der Waals surface area contributed by atoms with Gasteiger partial charge in [0.25, 0.3) is 49.8 Å². The van der Waals surface area contributed by atoms with Gasteiger partial charge in [-0.15, -0.1) is 3.63 Å². The summed E-state index contributed by atoms with van der Waals surface area (Å²) in [6.07, 6.45) is -2.78. The van der Waals surface area contributed by atoms with Gasteiger partial charge in [0.1, 0.15) is 106 Å². The van der Waals surface area contributed by atoms with Crippen molar-refractivity contribution < 1.29 is 169 Å². The average Bonchev–Trinajstić information content (AvgIpc) is 1.59. The predicted octanol–water partition coefficient (Wildman–Crippen LogP) is 13.6. The molecule has 3 aromatic carbocycles. The molecule has 0 spiro atoms. The number of nitrogen functional groups attached to an aromatic ring is 3. The summed E-state index contributed by atoms with van der Waals surface area (Å²) in [4.78, 5) is 67.8. The maximum atomic E-state index is 13.2. The monoisotopic (exact) mass is 2280 g/mol. The van der Waals surface area contributed by atoms with E-state index in [0.29, 0.717) is 60.2 Å². The van der Waals surface area contributed by atoms with Crippen LogP contribution in [0.4, 0.5) is 118 Å². The second-order valence-corrected chi connectivity index (χ2v) is 40.6. The minimum Gasteiger partial charge on any atom is -0.475 e. The summed E-state index contributed by atoms with van der Waals surface area (Å²) < 4.78 is 331. The van der Waals surface area contributed by atoms with Crippen LogP contribution in [0.1, 0.15) is 143 Å². The van der Waals surface area contributed by atoms with E-state index in [9.17, 15) is 123 Å². The van der Waals surface area contributed by atoms with Gasteiger partial charge in [-0.25, -0.2) is 73.8 Å². The molecule has 3 amide bonds. The minimum absolute atomic E-state index is 0.0639. The third kappa shape index (κ3) is 30.4. The quantitative estimate of drug-likeness (QED) is 0.0217. The zero-order valence-electron chi connectivity index (χ0n) is 82.8. The van der Waals surface area contributed by atoms with Crippen molar-refractivity contribution in [3.8, 4) is 39.9 Å². The number of benzene rings is 3. The van der Waals surface area contributed by atoms with Crippen LogP contribution >= 0.6 is 15.9 Å². The maximum Gasteiger partial charge on any atom is 0.524 e. The van der Waals surface area contributed by atoms with Gasteiger partial charge in [-0.05, 0) is 206 Å². The molecule has 15 rings (SSSR count). The summed E-state index contributed by atoms with van der Waals surface area (Å²) >= 11 is 3.54. The molecule has 0 aliphatic carbocycles. The maximum absolute atomic E-state index is 13.2. The van der Waals surface area contributed by atoms with Crippen molar-refractivity contribution >= 4 is 124 Å². The molecule has 2 saturated heterocycles. The molecule has 2 fully saturated rings. The lowest BCUT2D eigenvalue weighted by atomic mass is 9.79. The van der Waals surface area contributed by atoms with Crippen molar-refractivity contribution in [2.75, 3.05) is 84.6 Å². The van der Waals surface area contributed by atoms with Gasteiger partial charge in [-0.2, -0.15) is 85.2 Å². The van der Waals surface area contributed by atoms with E-state index in [1.54, 1.807) is 60.3 Å². The zero-order chi connectivity index (χ0) is 113. The Morgan fingerprint density at radius 3 is 0.987 bits per heavy atom. The summed E-state index contributed by atoms with van der Waals surface area (Å²) in [6.45, 7) is 32.7. The Morgan fingerprint density at radius 1 is 0.427 bits per heavy atom. The first-order valence-electron chi connectivity index (χ1n) is 43.9. The van der Waals surface area contributed by atoms with Crippen LogP contribution in [-0.4, -0.2) is 255 Å². The van der Waals surface area contributed by atoms with E-state index in [0.717, 1.165) is 77.0 Å². The number of carbonyl (C=O) groups excluding carboxylic acids is 3. The van der Waals surface area contributed by atoms with Crippen LogP contribution in [0.3, 0.4) is 0 Å². The largest absolute Gasteiger partial charge is 0.524 e. The lowest BCUT2D eigenvalue weighted by molar-refractivity contribution is -0.0588. The topological polar surface area (TPSA) is 504 Å². The Bertz CT molecular complexity index is 6510. The first kappa shape index (κ1) is 123. The highest BCUT2D eigenvalue weighted by molar-refractivity contribution is 9.10. The fourth-order valence-electron chi connectivity index (χ4n) is 14.3. The number of nitrogens with two attached hydrogens (primary N) is 3. The van der Waals surface area contributed by atoms with Crippen molar-refractivity contribution in [3.05, 3.63) is 157 Å². The second kappa shape index (κ2) is 49.0. The predicted molar refractivity (Wildman–Crippen MR) is 509 cm³/mol. The number of amides is 3. The van der Waals surface area contributed by atoms with Crippen molar-refractivity contribution in [2.24, 2.45) is 0 Å². The van der Waals surface area contributed by atoms with Gasteiger partial charge in [-0.1, -0.05) is 15.9 Å². The van der Waals surface area contributed by atoms with E-state index in [4.69, 9.17) is 55.1 Å². The van der Waals surface area contributed by atoms with E-state index in [1.165, 1.54) is 33.0 Å². The van der Waals surface area contributed by atoms with Gasteiger partial charge in [0, 0.05) is 74.1 Å². The van der Waals surface area contributed by atoms with Crippen LogP contribution in [0.5, 0.6) is 17.6 Å². The second-order valence-electron chi connectivity index (χ2n) is 34.9. The van der Waals surface area contributed by atoms with Crippen molar-refractivity contribution in [2.45, 2.75) is 215 Å². The number of aromatic nitrogens is 14. The summed E-state index contributed by atoms with van der Waals surface area (Å²) in [5.74, 6) is -0.0665. The van der Waals surface area contributed by atoms with Gasteiger partial charge < -0.3 is 69.8 Å².